The minimum atomic E-state index is -4.59. The molecule has 0 bridgehead atoms. The van der Waals surface area contributed by atoms with Gasteiger partial charge in [-0.2, -0.15) is 18.4 Å². The van der Waals surface area contributed by atoms with E-state index in [1.54, 1.807) is 17.2 Å². The van der Waals surface area contributed by atoms with Gasteiger partial charge in [0.25, 0.3) is 0 Å². The van der Waals surface area contributed by atoms with Crippen LogP contribution in [-0.2, 0) is 24.1 Å². The van der Waals surface area contributed by atoms with Gasteiger partial charge in [-0.15, -0.1) is 10.2 Å². The maximum absolute atomic E-state index is 13.4. The molecule has 0 aliphatic carbocycles. The van der Waals surface area contributed by atoms with Crippen LogP contribution in [0.2, 0.25) is 0 Å². The number of anilines is 1. The number of nitriles is 1. The van der Waals surface area contributed by atoms with Gasteiger partial charge in [0, 0.05) is 43.0 Å². The van der Waals surface area contributed by atoms with Gasteiger partial charge in [-0.05, 0) is 30.5 Å². The van der Waals surface area contributed by atoms with Crippen LogP contribution in [0.15, 0.2) is 41.1 Å². The predicted octanol–water partition coefficient (Wildman–Crippen LogP) is 3.88. The van der Waals surface area contributed by atoms with E-state index >= 15 is 0 Å². The minimum absolute atomic E-state index is 0.00179. The molecule has 13 heteroatoms. The Morgan fingerprint density at radius 3 is 2.74 bits per heavy atom. The van der Waals surface area contributed by atoms with Crippen LogP contribution in [0.25, 0.3) is 22.4 Å². The highest BCUT2D eigenvalue weighted by atomic mass is 19.4. The van der Waals surface area contributed by atoms with Gasteiger partial charge in [-0.1, -0.05) is 13.0 Å². The summed E-state index contributed by atoms with van der Waals surface area (Å²) in [5, 5.41) is 17.6. The zero-order valence-corrected chi connectivity index (χ0v) is 20.9. The summed E-state index contributed by atoms with van der Waals surface area (Å²) >= 11 is 0. The molecule has 0 unspecified atom stereocenters. The second kappa shape index (κ2) is 9.37. The van der Waals surface area contributed by atoms with Crippen molar-refractivity contribution in [3.8, 4) is 17.5 Å². The van der Waals surface area contributed by atoms with Crippen molar-refractivity contribution in [3.05, 3.63) is 53.9 Å². The molecule has 1 saturated heterocycles. The SMILES string of the molecule is C[C@@H]1CN(c2nc3cc(-c4ncco4)ccc3cc2C#N)CC[C@@H]1C(=O)N1CCn2c(nnc2C(F)(F)F)C1. The number of alkyl halides is 3. The summed E-state index contributed by atoms with van der Waals surface area (Å²) in [5.74, 6) is -0.348. The number of benzene rings is 1. The Balaban J connectivity index is 1.19. The van der Waals surface area contributed by atoms with Crippen LogP contribution in [0.1, 0.15) is 30.6 Å². The summed E-state index contributed by atoms with van der Waals surface area (Å²) < 4.78 is 45.9. The Morgan fingerprint density at radius 1 is 1.18 bits per heavy atom. The first kappa shape index (κ1) is 24.8. The summed E-state index contributed by atoms with van der Waals surface area (Å²) in [6, 6.07) is 9.65. The molecule has 0 saturated carbocycles. The standard InChI is InChI=1S/C26H23F3N8O2/c1-15-13-35(22-18(12-30)10-16-2-3-17(11-20(16)32-22)23-31-5-9-39-23)6-4-19(15)24(38)36-7-8-37-21(14-36)33-34-25(37)26(27,28)29/h2-3,5,9-11,15,19H,4,6-8,13-14H2,1H3/t15-,19+/m1/s1. The number of fused-ring (bicyclic) bond motifs is 2. The molecule has 5 heterocycles. The van der Waals surface area contributed by atoms with Crippen LogP contribution in [0.5, 0.6) is 0 Å². The number of rotatable bonds is 3. The van der Waals surface area contributed by atoms with Crippen LogP contribution in [-0.4, -0.2) is 55.2 Å². The Morgan fingerprint density at radius 2 is 2.03 bits per heavy atom. The summed E-state index contributed by atoms with van der Waals surface area (Å²) in [6.45, 7) is 3.14. The fraction of sp³-hybridized carbons (Fsp3) is 0.385. The normalized spacial score (nSPS) is 19.7. The van der Waals surface area contributed by atoms with Gasteiger partial charge >= 0.3 is 6.18 Å². The van der Waals surface area contributed by atoms with Gasteiger partial charge in [-0.3, -0.25) is 4.79 Å². The number of aromatic nitrogens is 5. The molecule has 4 aromatic rings. The van der Waals surface area contributed by atoms with Crippen LogP contribution in [0, 0.1) is 23.2 Å². The van der Waals surface area contributed by atoms with Crippen LogP contribution in [0.3, 0.4) is 0 Å². The molecule has 6 rings (SSSR count). The Bertz CT molecular complexity index is 1590. The maximum atomic E-state index is 13.4. The van der Waals surface area contributed by atoms with E-state index in [0.29, 0.717) is 42.3 Å². The van der Waals surface area contributed by atoms with Gasteiger partial charge in [-0.25, -0.2) is 9.97 Å². The Kier molecular flexibility index (Phi) is 5.97. The second-order valence-electron chi connectivity index (χ2n) is 9.88. The monoisotopic (exact) mass is 536 g/mol. The van der Waals surface area contributed by atoms with Crippen molar-refractivity contribution >= 4 is 22.6 Å². The van der Waals surface area contributed by atoms with E-state index in [4.69, 9.17) is 9.40 Å². The number of piperidine rings is 1. The van der Waals surface area contributed by atoms with E-state index in [1.807, 2.05) is 30.0 Å². The minimum Gasteiger partial charge on any atom is -0.445 e. The molecule has 0 radical (unpaired) electrons. The number of amides is 1. The fourth-order valence-electron chi connectivity index (χ4n) is 5.47. The number of pyridine rings is 1. The fourth-order valence-corrected chi connectivity index (χ4v) is 5.47. The topological polar surface area (TPSA) is 117 Å². The molecule has 39 heavy (non-hydrogen) atoms. The van der Waals surface area contributed by atoms with Crippen molar-refractivity contribution in [3.63, 3.8) is 0 Å². The third kappa shape index (κ3) is 4.45. The third-order valence-electron chi connectivity index (χ3n) is 7.44. The molecular formula is C26H23F3N8O2. The average molecular weight is 537 g/mol. The van der Waals surface area contributed by atoms with E-state index in [-0.39, 0.29) is 43.2 Å². The first-order chi connectivity index (χ1) is 18.7. The average Bonchev–Trinajstić information content (AvgIpc) is 3.61. The molecule has 2 atom stereocenters. The number of carbonyl (C=O) groups excluding carboxylic acids is 1. The Labute approximate surface area is 220 Å². The first-order valence-corrected chi connectivity index (χ1v) is 12.5. The van der Waals surface area contributed by atoms with Gasteiger partial charge in [0.1, 0.15) is 18.2 Å². The van der Waals surface area contributed by atoms with Crippen molar-refractivity contribution in [2.75, 3.05) is 24.5 Å². The van der Waals surface area contributed by atoms with Crippen LogP contribution < -0.4 is 4.90 Å². The number of hydrogen-bond donors (Lipinski definition) is 0. The third-order valence-corrected chi connectivity index (χ3v) is 7.44. The highest BCUT2D eigenvalue weighted by molar-refractivity contribution is 5.86. The molecule has 200 valence electrons. The van der Waals surface area contributed by atoms with Gasteiger partial charge in [0.05, 0.1) is 23.8 Å². The first-order valence-electron chi connectivity index (χ1n) is 12.5. The predicted molar refractivity (Wildman–Crippen MR) is 132 cm³/mol. The summed E-state index contributed by atoms with van der Waals surface area (Å²) in [7, 11) is 0. The largest absolute Gasteiger partial charge is 0.451 e. The summed E-state index contributed by atoms with van der Waals surface area (Å²) in [5.41, 5.74) is 1.91. The molecular weight excluding hydrogens is 513 g/mol. The summed E-state index contributed by atoms with van der Waals surface area (Å²) in [6.07, 6.45) is -0.996. The van der Waals surface area contributed by atoms with Crippen LogP contribution in [0.4, 0.5) is 19.0 Å². The van der Waals surface area contributed by atoms with Gasteiger partial charge < -0.3 is 18.8 Å². The molecule has 0 N–H and O–H groups in total. The van der Waals surface area contributed by atoms with Gasteiger partial charge in [0.2, 0.25) is 17.6 Å². The van der Waals surface area contributed by atoms with Crippen molar-refractivity contribution in [2.24, 2.45) is 11.8 Å². The molecule has 2 aliphatic heterocycles. The maximum Gasteiger partial charge on any atom is 0.451 e. The number of carbonyl (C=O) groups is 1. The zero-order valence-electron chi connectivity index (χ0n) is 20.9. The second-order valence-corrected chi connectivity index (χ2v) is 9.88. The quantitative estimate of drug-likeness (QED) is 0.387. The lowest BCUT2D eigenvalue weighted by atomic mass is 9.85. The van der Waals surface area contributed by atoms with E-state index < -0.39 is 12.0 Å². The number of oxazole rings is 1. The van der Waals surface area contributed by atoms with Crippen molar-refractivity contribution in [1.29, 1.82) is 5.26 Å². The van der Waals surface area contributed by atoms with Crippen molar-refractivity contribution in [1.82, 2.24) is 29.6 Å². The van der Waals surface area contributed by atoms with Crippen LogP contribution >= 0.6 is 0 Å². The van der Waals surface area contributed by atoms with Crippen molar-refractivity contribution in [2.45, 2.75) is 32.6 Å². The smallest absolute Gasteiger partial charge is 0.445 e. The van der Waals surface area contributed by atoms with E-state index in [2.05, 4.69) is 21.3 Å². The van der Waals surface area contributed by atoms with E-state index in [0.717, 1.165) is 15.5 Å². The lowest BCUT2D eigenvalue weighted by Gasteiger charge is -2.40. The summed E-state index contributed by atoms with van der Waals surface area (Å²) in [4.78, 5) is 26.0. The number of nitrogens with zero attached hydrogens (tertiary/aromatic N) is 8. The highest BCUT2D eigenvalue weighted by Crippen LogP contribution is 2.34. The molecule has 10 nitrogen and oxygen atoms in total. The van der Waals surface area contributed by atoms with Crippen molar-refractivity contribution < 1.29 is 22.4 Å². The Hall–Kier alpha value is -4.47. The van der Waals surface area contributed by atoms with Gasteiger partial charge in [0.15, 0.2) is 5.82 Å². The number of halogens is 3. The number of hydrogen-bond acceptors (Lipinski definition) is 8. The van der Waals surface area contributed by atoms with E-state index in [9.17, 15) is 23.2 Å². The molecule has 0 spiro atoms. The molecule has 1 aromatic carbocycles. The zero-order chi connectivity index (χ0) is 27.3. The lowest BCUT2D eigenvalue weighted by molar-refractivity contribution is -0.148. The molecule has 2 aliphatic rings. The molecule has 3 aromatic heterocycles. The lowest BCUT2D eigenvalue weighted by Crippen LogP contribution is -2.49. The van der Waals surface area contributed by atoms with E-state index in [1.165, 1.54) is 6.26 Å². The molecule has 1 fully saturated rings. The molecule has 1 amide bonds. The highest BCUT2D eigenvalue weighted by Gasteiger charge is 2.41.